The molecule has 1 heterocycles. The van der Waals surface area contributed by atoms with Crippen LogP contribution in [0.4, 0.5) is 5.69 Å². The van der Waals surface area contributed by atoms with E-state index < -0.39 is 0 Å². The lowest BCUT2D eigenvalue weighted by atomic mass is 10.1. The second-order valence-electron chi connectivity index (χ2n) is 5.01. The molecular formula is C18H18N4O. The number of benzene rings is 2. The molecule has 23 heavy (non-hydrogen) atoms. The molecule has 3 N–H and O–H groups in total. The molecule has 0 unspecified atom stereocenters. The third kappa shape index (κ3) is 3.40. The predicted molar refractivity (Wildman–Crippen MR) is 93.7 cm³/mol. The smallest absolute Gasteiger partial charge is 0.193 e. The van der Waals surface area contributed by atoms with Crippen molar-refractivity contribution in [3.8, 4) is 5.75 Å². The Bertz CT molecular complexity index is 840. The maximum absolute atomic E-state index is 5.98. The molecular weight excluding hydrogens is 288 g/mol. The lowest BCUT2D eigenvalue weighted by Gasteiger charge is -2.10. The fourth-order valence-electron chi connectivity index (χ4n) is 2.39. The lowest BCUT2D eigenvalue weighted by molar-refractivity contribution is 0.417. The number of ether oxygens (including phenoxy) is 1. The number of aromatic nitrogens is 1. The zero-order chi connectivity index (χ0) is 16.1. The standard InChI is InChI=1S/C18H18N4O/c1-23-17-9-5-4-8-15(17)22-18(19)21-12-16-14-7-3-2-6-13(14)10-11-20-16/h2-11H,12H2,1H3,(H3,19,21,22). The van der Waals surface area contributed by atoms with Crippen molar-refractivity contribution in [1.82, 2.24) is 4.98 Å². The Balaban J connectivity index is 1.79. The van der Waals surface area contributed by atoms with Gasteiger partial charge >= 0.3 is 0 Å². The van der Waals surface area contributed by atoms with E-state index in [-0.39, 0.29) is 0 Å². The summed E-state index contributed by atoms with van der Waals surface area (Å²) in [4.78, 5) is 8.78. The van der Waals surface area contributed by atoms with Gasteiger partial charge in [0, 0.05) is 11.6 Å². The van der Waals surface area contributed by atoms with E-state index in [1.165, 1.54) is 0 Å². The van der Waals surface area contributed by atoms with Crippen molar-refractivity contribution in [2.75, 3.05) is 12.4 Å². The first-order valence-corrected chi connectivity index (χ1v) is 7.30. The van der Waals surface area contributed by atoms with E-state index in [1.54, 1.807) is 13.3 Å². The van der Waals surface area contributed by atoms with Crippen LogP contribution >= 0.6 is 0 Å². The molecule has 3 aromatic rings. The second kappa shape index (κ2) is 6.79. The van der Waals surface area contributed by atoms with Crippen LogP contribution in [0.5, 0.6) is 5.75 Å². The molecule has 3 rings (SSSR count). The average Bonchev–Trinajstić information content (AvgIpc) is 2.60. The highest BCUT2D eigenvalue weighted by molar-refractivity contribution is 5.94. The van der Waals surface area contributed by atoms with Crippen LogP contribution in [0.2, 0.25) is 0 Å². The van der Waals surface area contributed by atoms with Gasteiger partial charge in [0.15, 0.2) is 5.96 Å². The number of hydrogen-bond acceptors (Lipinski definition) is 3. The molecule has 0 radical (unpaired) electrons. The van der Waals surface area contributed by atoms with Crippen LogP contribution in [0.1, 0.15) is 5.69 Å². The summed E-state index contributed by atoms with van der Waals surface area (Å²) in [6.07, 6.45) is 1.79. The molecule has 0 aliphatic heterocycles. The van der Waals surface area contributed by atoms with E-state index in [1.807, 2.05) is 48.5 Å². The SMILES string of the molecule is COc1ccccc1NC(N)=NCc1nccc2ccccc12. The van der Waals surface area contributed by atoms with E-state index in [9.17, 15) is 0 Å². The summed E-state index contributed by atoms with van der Waals surface area (Å²) in [5.74, 6) is 1.04. The van der Waals surface area contributed by atoms with Gasteiger partial charge < -0.3 is 15.8 Å². The van der Waals surface area contributed by atoms with Crippen molar-refractivity contribution in [3.05, 3.63) is 66.5 Å². The van der Waals surface area contributed by atoms with Crippen LogP contribution in [0, 0.1) is 0 Å². The van der Waals surface area contributed by atoms with Gasteiger partial charge in [-0.05, 0) is 23.6 Å². The monoisotopic (exact) mass is 306 g/mol. The Morgan fingerprint density at radius 3 is 2.78 bits per heavy atom. The van der Waals surface area contributed by atoms with Crippen LogP contribution in [-0.4, -0.2) is 18.1 Å². The summed E-state index contributed by atoms with van der Waals surface area (Å²) in [6, 6.07) is 17.6. The van der Waals surface area contributed by atoms with Crippen LogP contribution in [0.25, 0.3) is 10.8 Å². The quantitative estimate of drug-likeness (QED) is 0.573. The van der Waals surface area contributed by atoms with E-state index in [0.29, 0.717) is 18.3 Å². The fraction of sp³-hybridized carbons (Fsp3) is 0.111. The molecule has 116 valence electrons. The van der Waals surface area contributed by atoms with Gasteiger partial charge in [0.2, 0.25) is 0 Å². The lowest BCUT2D eigenvalue weighted by Crippen LogP contribution is -2.23. The molecule has 1 aromatic heterocycles. The molecule has 0 aliphatic carbocycles. The largest absolute Gasteiger partial charge is 0.495 e. The third-order valence-electron chi connectivity index (χ3n) is 3.53. The Morgan fingerprint density at radius 1 is 1.13 bits per heavy atom. The Kier molecular flexibility index (Phi) is 4.38. The number of rotatable bonds is 4. The molecule has 0 bridgehead atoms. The van der Waals surface area contributed by atoms with Gasteiger partial charge in [-0.1, -0.05) is 36.4 Å². The molecule has 0 saturated heterocycles. The first-order valence-electron chi connectivity index (χ1n) is 7.30. The number of para-hydroxylation sites is 2. The molecule has 5 nitrogen and oxygen atoms in total. The maximum atomic E-state index is 5.98. The molecule has 0 fully saturated rings. The van der Waals surface area contributed by atoms with E-state index in [0.717, 1.165) is 22.2 Å². The van der Waals surface area contributed by atoms with Crippen LogP contribution in [-0.2, 0) is 6.54 Å². The number of aliphatic imine (C=N–C) groups is 1. The minimum atomic E-state index is 0.323. The highest BCUT2D eigenvalue weighted by atomic mass is 16.5. The number of hydrogen-bond donors (Lipinski definition) is 2. The highest BCUT2D eigenvalue weighted by Crippen LogP contribution is 2.22. The number of guanidine groups is 1. The summed E-state index contributed by atoms with van der Waals surface area (Å²) >= 11 is 0. The number of nitrogens with one attached hydrogen (secondary N) is 1. The van der Waals surface area contributed by atoms with Gasteiger partial charge in [0.25, 0.3) is 0 Å². The number of anilines is 1. The summed E-state index contributed by atoms with van der Waals surface area (Å²) in [5, 5.41) is 5.28. The number of nitrogens with two attached hydrogens (primary N) is 1. The van der Waals surface area contributed by atoms with Gasteiger partial charge in [-0.25, -0.2) is 4.99 Å². The zero-order valence-corrected chi connectivity index (χ0v) is 12.9. The molecule has 0 atom stereocenters. The van der Waals surface area contributed by atoms with E-state index >= 15 is 0 Å². The summed E-state index contributed by atoms with van der Waals surface area (Å²) < 4.78 is 5.28. The van der Waals surface area contributed by atoms with Crippen molar-refractivity contribution < 1.29 is 4.74 Å². The van der Waals surface area contributed by atoms with E-state index in [2.05, 4.69) is 21.4 Å². The Labute approximate surface area is 134 Å². The number of nitrogens with zero attached hydrogens (tertiary/aromatic N) is 2. The number of pyridine rings is 1. The second-order valence-corrected chi connectivity index (χ2v) is 5.01. The van der Waals surface area contributed by atoms with Crippen molar-refractivity contribution in [2.45, 2.75) is 6.54 Å². The highest BCUT2D eigenvalue weighted by Gasteiger charge is 2.04. The van der Waals surface area contributed by atoms with E-state index in [4.69, 9.17) is 10.5 Å². The van der Waals surface area contributed by atoms with Crippen LogP contribution in [0.3, 0.4) is 0 Å². The normalized spacial score (nSPS) is 11.4. The van der Waals surface area contributed by atoms with Crippen LogP contribution in [0.15, 0.2) is 65.8 Å². The average molecular weight is 306 g/mol. The number of methoxy groups -OCH3 is 1. The molecule has 0 spiro atoms. The molecule has 0 amide bonds. The summed E-state index contributed by atoms with van der Waals surface area (Å²) in [6.45, 7) is 0.412. The van der Waals surface area contributed by atoms with Crippen LogP contribution < -0.4 is 15.8 Å². The molecule has 5 heteroatoms. The minimum Gasteiger partial charge on any atom is -0.495 e. The maximum Gasteiger partial charge on any atom is 0.193 e. The minimum absolute atomic E-state index is 0.323. The number of fused-ring (bicyclic) bond motifs is 1. The first-order chi connectivity index (χ1) is 11.3. The Hall–Kier alpha value is -3.08. The predicted octanol–water partition coefficient (Wildman–Crippen LogP) is 3.17. The zero-order valence-electron chi connectivity index (χ0n) is 12.9. The molecule has 0 aliphatic rings. The van der Waals surface area contributed by atoms with Crippen molar-refractivity contribution in [3.63, 3.8) is 0 Å². The van der Waals surface area contributed by atoms with Crippen molar-refractivity contribution in [2.24, 2.45) is 10.7 Å². The van der Waals surface area contributed by atoms with Gasteiger partial charge in [0.1, 0.15) is 5.75 Å². The van der Waals surface area contributed by atoms with Gasteiger partial charge in [-0.15, -0.1) is 0 Å². The first kappa shape index (κ1) is 14.8. The third-order valence-corrected chi connectivity index (χ3v) is 3.53. The van der Waals surface area contributed by atoms with Crippen molar-refractivity contribution >= 4 is 22.4 Å². The van der Waals surface area contributed by atoms with Gasteiger partial charge in [-0.2, -0.15) is 0 Å². The van der Waals surface area contributed by atoms with Crippen molar-refractivity contribution in [1.29, 1.82) is 0 Å². The topological polar surface area (TPSA) is 72.5 Å². The summed E-state index contributed by atoms with van der Waals surface area (Å²) in [7, 11) is 1.62. The molecule has 0 saturated carbocycles. The molecule has 2 aromatic carbocycles. The van der Waals surface area contributed by atoms with Gasteiger partial charge in [-0.3, -0.25) is 4.98 Å². The summed E-state index contributed by atoms with van der Waals surface area (Å²) in [5.41, 5.74) is 7.65. The Morgan fingerprint density at radius 2 is 1.91 bits per heavy atom. The van der Waals surface area contributed by atoms with Gasteiger partial charge in [0.05, 0.1) is 25.0 Å². The fourth-order valence-corrected chi connectivity index (χ4v) is 2.39.